The molecule has 1 atom stereocenters. The van der Waals surface area contributed by atoms with Gasteiger partial charge in [0.15, 0.2) is 0 Å². The fourth-order valence-corrected chi connectivity index (χ4v) is 1.18. The fourth-order valence-electron chi connectivity index (χ4n) is 1.06. The summed E-state index contributed by atoms with van der Waals surface area (Å²) >= 11 is 5.57. The molecule has 1 aromatic carbocycles. The van der Waals surface area contributed by atoms with E-state index in [1.165, 1.54) is 12.1 Å². The standard InChI is InChI=1S/C10H11ClFNO/c1-7(11)13-10(14)6-8-2-4-9(12)5-3-8/h2-5,7H,6H2,1H3,(H,13,14). The van der Waals surface area contributed by atoms with Crippen molar-refractivity contribution in [2.75, 3.05) is 0 Å². The normalized spacial score (nSPS) is 12.2. The van der Waals surface area contributed by atoms with Gasteiger partial charge in [0.25, 0.3) is 0 Å². The number of carbonyl (C=O) groups is 1. The Bertz CT molecular complexity index is 310. The van der Waals surface area contributed by atoms with Crippen molar-refractivity contribution in [3.8, 4) is 0 Å². The Kier molecular flexibility index (Phi) is 3.89. The molecule has 2 nitrogen and oxygen atoms in total. The second-order valence-electron chi connectivity index (χ2n) is 2.99. The van der Waals surface area contributed by atoms with Crippen LogP contribution in [0.15, 0.2) is 24.3 Å². The van der Waals surface area contributed by atoms with E-state index in [-0.39, 0.29) is 23.6 Å². The highest BCUT2D eigenvalue weighted by molar-refractivity contribution is 6.21. The van der Waals surface area contributed by atoms with Crippen LogP contribution in [0.3, 0.4) is 0 Å². The maximum absolute atomic E-state index is 12.5. The molecule has 0 radical (unpaired) electrons. The minimum atomic E-state index is -0.386. The van der Waals surface area contributed by atoms with Gasteiger partial charge in [-0.15, -0.1) is 0 Å². The van der Waals surface area contributed by atoms with Crippen LogP contribution in [0, 0.1) is 5.82 Å². The van der Waals surface area contributed by atoms with Gasteiger partial charge in [-0.05, 0) is 24.6 Å². The number of carbonyl (C=O) groups excluding carboxylic acids is 1. The number of nitrogens with one attached hydrogen (secondary N) is 1. The highest BCUT2D eigenvalue weighted by Crippen LogP contribution is 2.03. The Balaban J connectivity index is 2.52. The molecule has 0 aliphatic rings. The average molecular weight is 216 g/mol. The van der Waals surface area contributed by atoms with Gasteiger partial charge in [-0.2, -0.15) is 0 Å². The van der Waals surface area contributed by atoms with Crippen molar-refractivity contribution in [3.05, 3.63) is 35.6 Å². The van der Waals surface area contributed by atoms with Crippen LogP contribution < -0.4 is 5.32 Å². The molecule has 0 saturated heterocycles. The van der Waals surface area contributed by atoms with Gasteiger partial charge in [0.05, 0.1) is 6.42 Å². The molecule has 0 aliphatic heterocycles. The number of alkyl halides is 1. The zero-order valence-corrected chi connectivity index (χ0v) is 8.51. The first-order chi connectivity index (χ1) is 6.58. The SMILES string of the molecule is CC(Cl)NC(=O)Cc1ccc(F)cc1. The van der Waals surface area contributed by atoms with E-state index in [1.807, 2.05) is 0 Å². The van der Waals surface area contributed by atoms with Gasteiger partial charge in [-0.3, -0.25) is 4.79 Å². The van der Waals surface area contributed by atoms with Crippen molar-refractivity contribution in [2.24, 2.45) is 0 Å². The minimum absolute atomic E-state index is 0.167. The number of rotatable bonds is 3. The maximum Gasteiger partial charge on any atom is 0.225 e. The van der Waals surface area contributed by atoms with E-state index in [4.69, 9.17) is 11.6 Å². The van der Waals surface area contributed by atoms with E-state index in [0.29, 0.717) is 0 Å². The average Bonchev–Trinajstić information content (AvgIpc) is 2.07. The summed E-state index contributed by atoms with van der Waals surface area (Å²) in [7, 11) is 0. The van der Waals surface area contributed by atoms with Crippen molar-refractivity contribution in [1.29, 1.82) is 0 Å². The molecule has 1 N–H and O–H groups in total. The third-order valence-corrected chi connectivity index (χ3v) is 1.75. The smallest absolute Gasteiger partial charge is 0.225 e. The summed E-state index contributed by atoms with van der Waals surface area (Å²) < 4.78 is 12.5. The largest absolute Gasteiger partial charge is 0.340 e. The van der Waals surface area contributed by atoms with Crippen molar-refractivity contribution in [2.45, 2.75) is 18.8 Å². The molecule has 4 heteroatoms. The van der Waals surface area contributed by atoms with Gasteiger partial charge >= 0.3 is 0 Å². The Hall–Kier alpha value is -1.09. The van der Waals surface area contributed by atoms with Crippen LogP contribution >= 0.6 is 11.6 Å². The van der Waals surface area contributed by atoms with Crippen molar-refractivity contribution in [3.63, 3.8) is 0 Å². The first-order valence-corrected chi connectivity index (χ1v) is 4.69. The Morgan fingerprint density at radius 3 is 2.57 bits per heavy atom. The monoisotopic (exact) mass is 215 g/mol. The van der Waals surface area contributed by atoms with Crippen LogP contribution in [0.4, 0.5) is 4.39 Å². The molecule has 0 bridgehead atoms. The Morgan fingerprint density at radius 1 is 1.50 bits per heavy atom. The predicted octanol–water partition coefficient (Wildman–Crippen LogP) is 2.07. The molecule has 76 valence electrons. The lowest BCUT2D eigenvalue weighted by Gasteiger charge is -2.06. The van der Waals surface area contributed by atoms with E-state index in [2.05, 4.69) is 5.32 Å². The van der Waals surface area contributed by atoms with Crippen LogP contribution in [0.2, 0.25) is 0 Å². The topological polar surface area (TPSA) is 29.1 Å². The molecule has 0 aliphatic carbocycles. The lowest BCUT2D eigenvalue weighted by molar-refractivity contribution is -0.120. The zero-order chi connectivity index (χ0) is 10.6. The van der Waals surface area contributed by atoms with Gasteiger partial charge in [-0.1, -0.05) is 23.7 Å². The van der Waals surface area contributed by atoms with Crippen molar-refractivity contribution >= 4 is 17.5 Å². The van der Waals surface area contributed by atoms with Gasteiger partial charge < -0.3 is 5.32 Å². The van der Waals surface area contributed by atoms with Crippen molar-refractivity contribution < 1.29 is 9.18 Å². The second kappa shape index (κ2) is 4.96. The Morgan fingerprint density at radius 2 is 2.07 bits per heavy atom. The predicted molar refractivity (Wildman–Crippen MR) is 53.6 cm³/mol. The van der Waals surface area contributed by atoms with Gasteiger partial charge in [0, 0.05) is 0 Å². The summed E-state index contributed by atoms with van der Waals surface area (Å²) in [5.41, 5.74) is 0.379. The molecule has 1 aromatic rings. The summed E-state index contributed by atoms with van der Waals surface area (Å²) in [6.07, 6.45) is 0.220. The van der Waals surface area contributed by atoms with E-state index < -0.39 is 0 Å². The molecule has 1 rings (SSSR count). The molecule has 0 aromatic heterocycles. The molecular formula is C10H11ClFNO. The highest BCUT2D eigenvalue weighted by atomic mass is 35.5. The maximum atomic E-state index is 12.5. The third kappa shape index (κ3) is 3.75. The van der Waals surface area contributed by atoms with Crippen LogP contribution in [0.25, 0.3) is 0 Å². The zero-order valence-electron chi connectivity index (χ0n) is 7.76. The molecule has 14 heavy (non-hydrogen) atoms. The number of benzene rings is 1. The first-order valence-electron chi connectivity index (χ1n) is 4.26. The van der Waals surface area contributed by atoms with Crippen LogP contribution in [-0.2, 0) is 11.2 Å². The van der Waals surface area contributed by atoms with Crippen LogP contribution in [0.5, 0.6) is 0 Å². The number of amides is 1. The lowest BCUT2D eigenvalue weighted by atomic mass is 10.1. The summed E-state index contributed by atoms with van der Waals surface area (Å²) in [4.78, 5) is 11.2. The van der Waals surface area contributed by atoms with Crippen LogP contribution in [-0.4, -0.2) is 11.4 Å². The highest BCUT2D eigenvalue weighted by Gasteiger charge is 2.05. The van der Waals surface area contributed by atoms with Gasteiger partial charge in [0.1, 0.15) is 11.3 Å². The lowest BCUT2D eigenvalue weighted by Crippen LogP contribution is -2.29. The molecule has 0 spiro atoms. The summed E-state index contributed by atoms with van der Waals surface area (Å²) in [6.45, 7) is 1.67. The molecule has 0 saturated carbocycles. The fraction of sp³-hybridized carbons (Fsp3) is 0.300. The molecular weight excluding hydrogens is 205 g/mol. The van der Waals surface area contributed by atoms with Gasteiger partial charge in [-0.25, -0.2) is 4.39 Å². The van der Waals surface area contributed by atoms with E-state index >= 15 is 0 Å². The molecule has 0 heterocycles. The molecule has 0 fully saturated rings. The summed E-state index contributed by atoms with van der Waals surface area (Å²) in [6, 6.07) is 5.81. The van der Waals surface area contributed by atoms with E-state index in [9.17, 15) is 9.18 Å². The van der Waals surface area contributed by atoms with Crippen molar-refractivity contribution in [1.82, 2.24) is 5.32 Å². The summed E-state index contributed by atoms with van der Waals surface area (Å²) in [5, 5.41) is 2.54. The van der Waals surface area contributed by atoms with Crippen LogP contribution in [0.1, 0.15) is 12.5 Å². The quantitative estimate of drug-likeness (QED) is 0.607. The van der Waals surface area contributed by atoms with Gasteiger partial charge in [0.2, 0.25) is 5.91 Å². The number of halogens is 2. The summed E-state index contributed by atoms with van der Waals surface area (Å²) in [5.74, 6) is -0.473. The molecule has 1 amide bonds. The van der Waals surface area contributed by atoms with E-state index in [0.717, 1.165) is 5.56 Å². The number of hydrogen-bond donors (Lipinski definition) is 1. The molecule has 1 unspecified atom stereocenters. The first kappa shape index (κ1) is 11.0. The van der Waals surface area contributed by atoms with E-state index in [1.54, 1.807) is 19.1 Å². The minimum Gasteiger partial charge on any atom is -0.340 e. The Labute approximate surface area is 87.1 Å². The second-order valence-corrected chi connectivity index (χ2v) is 3.64. The third-order valence-electron chi connectivity index (χ3n) is 1.64. The number of hydrogen-bond acceptors (Lipinski definition) is 1.